The Balaban J connectivity index is 2.60. The molecule has 1 atom stereocenters. The minimum atomic E-state index is 0.544. The summed E-state index contributed by atoms with van der Waals surface area (Å²) in [5, 5.41) is 3.54. The van der Waals surface area contributed by atoms with E-state index in [1.165, 1.54) is 35.0 Å². The van der Waals surface area contributed by atoms with Gasteiger partial charge in [-0.15, -0.1) is 0 Å². The number of nitrogens with one attached hydrogen (secondary N) is 1. The largest absolute Gasteiger partial charge is 0.382 e. The third-order valence-corrected chi connectivity index (χ3v) is 3.64. The molecule has 1 aromatic carbocycles. The highest BCUT2D eigenvalue weighted by molar-refractivity contribution is 9.10. The number of rotatable bonds is 5. The molecule has 0 aromatic heterocycles. The van der Waals surface area contributed by atoms with E-state index in [2.05, 4.69) is 60.2 Å². The molecular formula is C13H20BrN. The van der Waals surface area contributed by atoms with E-state index in [1.807, 2.05) is 0 Å². The van der Waals surface area contributed by atoms with E-state index < -0.39 is 0 Å². The minimum Gasteiger partial charge on any atom is -0.382 e. The Morgan fingerprint density at radius 3 is 2.80 bits per heavy atom. The number of hydrogen-bond donors (Lipinski definition) is 1. The van der Waals surface area contributed by atoms with Crippen molar-refractivity contribution in [1.29, 1.82) is 0 Å². The third kappa shape index (κ3) is 3.86. The summed E-state index contributed by atoms with van der Waals surface area (Å²) in [5.41, 5.74) is 2.49. The Kier molecular flexibility index (Phi) is 5.16. The first-order valence-corrected chi connectivity index (χ1v) is 6.46. The average Bonchev–Trinajstić information content (AvgIpc) is 2.22. The molecule has 1 nitrogen and oxygen atoms in total. The molecule has 1 N–H and O–H groups in total. The molecule has 0 saturated heterocycles. The maximum atomic E-state index is 3.61. The molecule has 0 aliphatic carbocycles. The van der Waals surface area contributed by atoms with Crippen molar-refractivity contribution in [3.05, 3.63) is 28.2 Å². The number of aryl methyl sites for hydroxylation is 1. The fraction of sp³-hybridized carbons (Fsp3) is 0.538. The Bertz CT molecular complexity index is 309. The van der Waals surface area contributed by atoms with Gasteiger partial charge in [-0.05, 0) is 47.8 Å². The van der Waals surface area contributed by atoms with Gasteiger partial charge < -0.3 is 5.32 Å². The van der Waals surface area contributed by atoms with Gasteiger partial charge in [-0.1, -0.05) is 31.9 Å². The van der Waals surface area contributed by atoms with Crippen molar-refractivity contribution in [2.75, 3.05) is 5.32 Å². The second-order valence-corrected chi connectivity index (χ2v) is 4.92. The van der Waals surface area contributed by atoms with Gasteiger partial charge in [0.2, 0.25) is 0 Å². The van der Waals surface area contributed by atoms with Gasteiger partial charge in [0.25, 0.3) is 0 Å². The van der Waals surface area contributed by atoms with Gasteiger partial charge >= 0.3 is 0 Å². The molecule has 0 spiro atoms. The summed E-state index contributed by atoms with van der Waals surface area (Å²) in [7, 11) is 0. The molecular weight excluding hydrogens is 250 g/mol. The van der Waals surface area contributed by atoms with E-state index in [4.69, 9.17) is 0 Å². The molecule has 15 heavy (non-hydrogen) atoms. The summed E-state index contributed by atoms with van der Waals surface area (Å²) in [5.74, 6) is 0. The van der Waals surface area contributed by atoms with Gasteiger partial charge in [-0.3, -0.25) is 0 Å². The highest BCUT2D eigenvalue weighted by atomic mass is 79.9. The number of halogens is 1. The monoisotopic (exact) mass is 269 g/mol. The lowest BCUT2D eigenvalue weighted by Crippen LogP contribution is -2.15. The Hall–Kier alpha value is -0.500. The van der Waals surface area contributed by atoms with Crippen LogP contribution in [0.3, 0.4) is 0 Å². The highest BCUT2D eigenvalue weighted by Crippen LogP contribution is 2.26. The van der Waals surface area contributed by atoms with Crippen LogP contribution in [0.2, 0.25) is 0 Å². The van der Waals surface area contributed by atoms with E-state index in [0.717, 1.165) is 0 Å². The lowest BCUT2D eigenvalue weighted by atomic mass is 10.1. The number of anilines is 1. The molecule has 1 aromatic rings. The molecule has 1 rings (SSSR count). The highest BCUT2D eigenvalue weighted by Gasteiger charge is 2.05. The van der Waals surface area contributed by atoms with Crippen LogP contribution in [0.5, 0.6) is 0 Å². The lowest BCUT2D eigenvalue weighted by Gasteiger charge is -2.16. The molecule has 0 heterocycles. The first kappa shape index (κ1) is 12.6. The first-order valence-electron chi connectivity index (χ1n) is 5.66. The molecule has 0 bridgehead atoms. The molecule has 2 heteroatoms. The normalized spacial score (nSPS) is 12.5. The topological polar surface area (TPSA) is 12.0 Å². The zero-order valence-corrected chi connectivity index (χ0v) is 11.4. The molecule has 84 valence electrons. The molecule has 0 amide bonds. The van der Waals surface area contributed by atoms with Crippen molar-refractivity contribution in [2.45, 2.75) is 46.1 Å². The standard InChI is InChI=1S/C13H20BrN/c1-4-5-8-11(3)15-12-9-6-7-10(2)13(12)14/h6-7,9,11,15H,4-5,8H2,1-3H3. The predicted molar refractivity (Wildman–Crippen MR) is 71.5 cm³/mol. The quantitative estimate of drug-likeness (QED) is 0.814. The maximum absolute atomic E-state index is 3.61. The zero-order valence-electron chi connectivity index (χ0n) is 9.81. The van der Waals surface area contributed by atoms with Crippen LogP contribution >= 0.6 is 15.9 Å². The third-order valence-electron chi connectivity index (χ3n) is 2.58. The van der Waals surface area contributed by atoms with Crippen molar-refractivity contribution < 1.29 is 0 Å². The Morgan fingerprint density at radius 1 is 1.40 bits per heavy atom. The maximum Gasteiger partial charge on any atom is 0.0489 e. The number of hydrogen-bond acceptors (Lipinski definition) is 1. The van der Waals surface area contributed by atoms with Crippen LogP contribution in [0.25, 0.3) is 0 Å². The van der Waals surface area contributed by atoms with Gasteiger partial charge in [0.15, 0.2) is 0 Å². The van der Waals surface area contributed by atoms with Crippen molar-refractivity contribution >= 4 is 21.6 Å². The van der Waals surface area contributed by atoms with Crippen LogP contribution in [0, 0.1) is 6.92 Å². The van der Waals surface area contributed by atoms with Crippen molar-refractivity contribution in [1.82, 2.24) is 0 Å². The van der Waals surface area contributed by atoms with Crippen LogP contribution < -0.4 is 5.32 Å². The van der Waals surface area contributed by atoms with E-state index in [9.17, 15) is 0 Å². The van der Waals surface area contributed by atoms with Gasteiger partial charge in [0.1, 0.15) is 0 Å². The molecule has 1 unspecified atom stereocenters. The molecule has 0 saturated carbocycles. The van der Waals surface area contributed by atoms with Gasteiger partial charge in [-0.25, -0.2) is 0 Å². The second kappa shape index (κ2) is 6.16. The van der Waals surface area contributed by atoms with Gasteiger partial charge in [0.05, 0.1) is 0 Å². The summed E-state index contributed by atoms with van der Waals surface area (Å²) in [6.07, 6.45) is 3.79. The molecule has 0 radical (unpaired) electrons. The summed E-state index contributed by atoms with van der Waals surface area (Å²) >= 11 is 3.61. The lowest BCUT2D eigenvalue weighted by molar-refractivity contribution is 0.645. The Labute approximate surface area is 101 Å². The molecule has 0 fully saturated rings. The molecule has 0 aliphatic rings. The van der Waals surface area contributed by atoms with E-state index in [0.29, 0.717) is 6.04 Å². The van der Waals surface area contributed by atoms with E-state index >= 15 is 0 Å². The molecule has 0 aliphatic heterocycles. The first-order chi connectivity index (χ1) is 7.15. The smallest absolute Gasteiger partial charge is 0.0489 e. The predicted octanol–water partition coefficient (Wildman–Crippen LogP) is 4.75. The van der Waals surface area contributed by atoms with Crippen molar-refractivity contribution in [2.24, 2.45) is 0 Å². The van der Waals surface area contributed by atoms with Crippen LogP contribution in [-0.4, -0.2) is 6.04 Å². The van der Waals surface area contributed by atoms with Crippen LogP contribution in [0.4, 0.5) is 5.69 Å². The Morgan fingerprint density at radius 2 is 2.13 bits per heavy atom. The van der Waals surface area contributed by atoms with E-state index in [1.54, 1.807) is 0 Å². The summed E-state index contributed by atoms with van der Waals surface area (Å²) in [4.78, 5) is 0. The second-order valence-electron chi connectivity index (χ2n) is 4.12. The van der Waals surface area contributed by atoms with Crippen LogP contribution in [0.1, 0.15) is 38.7 Å². The zero-order chi connectivity index (χ0) is 11.3. The summed E-state index contributed by atoms with van der Waals surface area (Å²) in [6.45, 7) is 6.59. The van der Waals surface area contributed by atoms with Crippen molar-refractivity contribution in [3.8, 4) is 0 Å². The summed E-state index contributed by atoms with van der Waals surface area (Å²) in [6, 6.07) is 6.88. The SMILES string of the molecule is CCCCC(C)Nc1cccc(C)c1Br. The van der Waals surface area contributed by atoms with Crippen molar-refractivity contribution in [3.63, 3.8) is 0 Å². The van der Waals surface area contributed by atoms with E-state index in [-0.39, 0.29) is 0 Å². The number of unbranched alkanes of at least 4 members (excludes halogenated alkanes) is 1. The average molecular weight is 270 g/mol. The van der Waals surface area contributed by atoms with Crippen LogP contribution in [-0.2, 0) is 0 Å². The minimum absolute atomic E-state index is 0.544. The number of benzene rings is 1. The van der Waals surface area contributed by atoms with Crippen LogP contribution in [0.15, 0.2) is 22.7 Å². The van der Waals surface area contributed by atoms with Gasteiger partial charge in [-0.2, -0.15) is 0 Å². The van der Waals surface area contributed by atoms with Gasteiger partial charge in [0, 0.05) is 16.2 Å². The fourth-order valence-corrected chi connectivity index (χ4v) is 1.99. The summed E-state index contributed by atoms with van der Waals surface area (Å²) < 4.78 is 1.19. The fourth-order valence-electron chi connectivity index (χ4n) is 1.61.